The molecule has 3 rings (SSSR count). The lowest BCUT2D eigenvalue weighted by molar-refractivity contribution is -0.141. The van der Waals surface area contributed by atoms with Crippen molar-refractivity contribution in [3.63, 3.8) is 0 Å². The molecular weight excluding hydrogens is 479 g/mol. The third-order valence-corrected chi connectivity index (χ3v) is 7.03. The highest BCUT2D eigenvalue weighted by atomic mass is 35.5. The zero-order valence-corrected chi connectivity index (χ0v) is 21.9. The Hall–Kier alpha value is -2.82. The average Bonchev–Trinajstić information content (AvgIpc) is 2.88. The van der Waals surface area contributed by atoms with Crippen LogP contribution < -0.4 is 5.32 Å². The summed E-state index contributed by atoms with van der Waals surface area (Å²) in [7, 11) is 0. The molecule has 0 saturated carbocycles. The highest BCUT2D eigenvalue weighted by molar-refractivity contribution is 6.42. The van der Waals surface area contributed by atoms with Crippen LogP contribution in [-0.2, 0) is 16.1 Å². The molecule has 0 aliphatic heterocycles. The summed E-state index contributed by atoms with van der Waals surface area (Å²) in [4.78, 5) is 28.5. The second-order valence-corrected chi connectivity index (χ2v) is 9.66. The van der Waals surface area contributed by atoms with Gasteiger partial charge in [0.15, 0.2) is 0 Å². The molecule has 6 heteroatoms. The van der Waals surface area contributed by atoms with Gasteiger partial charge < -0.3 is 10.2 Å². The second-order valence-electron chi connectivity index (χ2n) is 8.84. The number of rotatable bonds is 10. The van der Waals surface area contributed by atoms with Gasteiger partial charge in [-0.3, -0.25) is 9.59 Å². The maximum atomic E-state index is 13.8. The van der Waals surface area contributed by atoms with Crippen LogP contribution in [0.3, 0.4) is 0 Å². The monoisotopic (exact) mass is 510 g/mol. The fraction of sp³-hybridized carbons (Fsp3) is 0.310. The number of nitrogens with zero attached hydrogens (tertiary/aromatic N) is 1. The van der Waals surface area contributed by atoms with Crippen LogP contribution in [0, 0.1) is 0 Å². The van der Waals surface area contributed by atoms with E-state index in [9.17, 15) is 9.59 Å². The molecule has 3 aromatic rings. The van der Waals surface area contributed by atoms with Gasteiger partial charge in [-0.25, -0.2) is 0 Å². The van der Waals surface area contributed by atoms with Crippen molar-refractivity contribution in [3.05, 3.63) is 106 Å². The molecule has 0 aliphatic rings. The van der Waals surface area contributed by atoms with E-state index in [1.54, 1.807) is 24.0 Å². The lowest BCUT2D eigenvalue weighted by atomic mass is 9.88. The normalized spacial score (nSPS) is 12.7. The van der Waals surface area contributed by atoms with Crippen molar-refractivity contribution in [3.8, 4) is 0 Å². The minimum absolute atomic E-state index is 0.0215. The molecule has 2 atom stereocenters. The maximum absolute atomic E-state index is 13.8. The molecular formula is C29H32Cl2N2O2. The van der Waals surface area contributed by atoms with Crippen LogP contribution in [0.15, 0.2) is 78.9 Å². The van der Waals surface area contributed by atoms with E-state index in [-0.39, 0.29) is 36.7 Å². The Kier molecular flexibility index (Phi) is 9.76. The molecule has 0 bridgehead atoms. The minimum atomic E-state index is -0.654. The molecule has 0 fully saturated rings. The van der Waals surface area contributed by atoms with Crippen LogP contribution >= 0.6 is 23.2 Å². The largest absolute Gasteiger partial charge is 0.352 e. The predicted molar refractivity (Wildman–Crippen MR) is 144 cm³/mol. The van der Waals surface area contributed by atoms with Gasteiger partial charge in [-0.1, -0.05) is 96.9 Å². The third kappa shape index (κ3) is 7.33. The maximum Gasteiger partial charge on any atom is 0.242 e. The number of amides is 2. The fourth-order valence-corrected chi connectivity index (χ4v) is 4.29. The quantitative estimate of drug-likeness (QED) is 0.324. The van der Waals surface area contributed by atoms with Gasteiger partial charge in [-0.15, -0.1) is 0 Å². The van der Waals surface area contributed by atoms with Crippen molar-refractivity contribution in [1.29, 1.82) is 0 Å². The van der Waals surface area contributed by atoms with E-state index in [0.717, 1.165) is 23.1 Å². The van der Waals surface area contributed by atoms with E-state index < -0.39 is 6.04 Å². The summed E-state index contributed by atoms with van der Waals surface area (Å²) in [6.07, 6.45) is 1.04. The van der Waals surface area contributed by atoms with E-state index in [1.165, 1.54) is 0 Å². The Balaban J connectivity index is 1.92. The number of halogens is 2. The highest BCUT2D eigenvalue weighted by Gasteiger charge is 2.29. The van der Waals surface area contributed by atoms with Crippen molar-refractivity contribution >= 4 is 35.0 Å². The van der Waals surface area contributed by atoms with Gasteiger partial charge >= 0.3 is 0 Å². The number of benzene rings is 3. The van der Waals surface area contributed by atoms with Crippen LogP contribution in [-0.4, -0.2) is 28.8 Å². The number of carbonyl (C=O) groups is 2. The molecule has 0 spiro atoms. The van der Waals surface area contributed by atoms with Crippen molar-refractivity contribution in [2.24, 2.45) is 0 Å². The van der Waals surface area contributed by atoms with Gasteiger partial charge in [0.1, 0.15) is 6.04 Å². The standard InChI is InChI=1S/C29H32Cl2N2O2/c1-4-20(2)32-29(35)21(3)33(19-22-15-16-26(30)27(31)17-22)28(34)18-25(23-11-7-5-8-12-23)24-13-9-6-10-14-24/h5-17,20-21,25H,4,18-19H2,1-3H3,(H,32,35)/t20-,21+/m0/s1. The first-order valence-electron chi connectivity index (χ1n) is 11.9. The summed E-state index contributed by atoms with van der Waals surface area (Å²) in [6.45, 7) is 5.99. The molecule has 0 saturated heterocycles. The van der Waals surface area contributed by atoms with Crippen LogP contribution in [0.5, 0.6) is 0 Å². The first-order chi connectivity index (χ1) is 16.8. The SMILES string of the molecule is CC[C@H](C)NC(=O)[C@@H](C)N(Cc1ccc(Cl)c(Cl)c1)C(=O)CC(c1ccccc1)c1ccccc1. The lowest BCUT2D eigenvalue weighted by Crippen LogP contribution is -2.49. The Morgan fingerprint density at radius 3 is 1.94 bits per heavy atom. The molecule has 1 N–H and O–H groups in total. The Morgan fingerprint density at radius 1 is 0.857 bits per heavy atom. The topological polar surface area (TPSA) is 49.4 Å². The Labute approximate surface area is 218 Å². The van der Waals surface area contributed by atoms with Crippen molar-refractivity contribution < 1.29 is 9.59 Å². The van der Waals surface area contributed by atoms with Gasteiger partial charge in [-0.05, 0) is 49.1 Å². The zero-order valence-electron chi connectivity index (χ0n) is 20.4. The summed E-state index contributed by atoms with van der Waals surface area (Å²) >= 11 is 12.3. The Bertz CT molecular complexity index is 1080. The number of nitrogens with one attached hydrogen (secondary N) is 1. The molecule has 35 heavy (non-hydrogen) atoms. The molecule has 3 aromatic carbocycles. The molecule has 0 aliphatic carbocycles. The summed E-state index contributed by atoms with van der Waals surface area (Å²) < 4.78 is 0. The molecule has 0 heterocycles. The van der Waals surface area contributed by atoms with Gasteiger partial charge in [0.05, 0.1) is 10.0 Å². The molecule has 0 aromatic heterocycles. The van der Waals surface area contributed by atoms with E-state index in [4.69, 9.17) is 23.2 Å². The summed E-state index contributed by atoms with van der Waals surface area (Å²) in [5.41, 5.74) is 2.92. The second kappa shape index (κ2) is 12.8. The van der Waals surface area contributed by atoms with E-state index in [2.05, 4.69) is 5.32 Å². The van der Waals surface area contributed by atoms with E-state index >= 15 is 0 Å². The molecule has 0 unspecified atom stereocenters. The van der Waals surface area contributed by atoms with Crippen molar-refractivity contribution in [2.75, 3.05) is 0 Å². The van der Waals surface area contributed by atoms with Gasteiger partial charge in [0.25, 0.3) is 0 Å². The van der Waals surface area contributed by atoms with Crippen LogP contribution in [0.1, 0.15) is 56.2 Å². The van der Waals surface area contributed by atoms with Crippen molar-refractivity contribution in [2.45, 2.75) is 58.2 Å². The predicted octanol–water partition coefficient (Wildman–Crippen LogP) is 6.85. The smallest absolute Gasteiger partial charge is 0.242 e. The lowest BCUT2D eigenvalue weighted by Gasteiger charge is -2.31. The summed E-state index contributed by atoms with van der Waals surface area (Å²) in [5.74, 6) is -0.421. The van der Waals surface area contributed by atoms with E-state index in [0.29, 0.717) is 10.0 Å². The van der Waals surface area contributed by atoms with Crippen LogP contribution in [0.4, 0.5) is 0 Å². The van der Waals surface area contributed by atoms with Gasteiger partial charge in [0.2, 0.25) is 11.8 Å². The van der Waals surface area contributed by atoms with E-state index in [1.807, 2.05) is 80.6 Å². The third-order valence-electron chi connectivity index (χ3n) is 6.29. The van der Waals surface area contributed by atoms with Crippen LogP contribution in [0.2, 0.25) is 10.0 Å². The zero-order chi connectivity index (χ0) is 25.4. The Morgan fingerprint density at radius 2 is 1.43 bits per heavy atom. The molecule has 184 valence electrons. The van der Waals surface area contributed by atoms with Gasteiger partial charge in [0, 0.05) is 24.9 Å². The highest BCUT2D eigenvalue weighted by Crippen LogP contribution is 2.30. The first kappa shape index (κ1) is 26.8. The molecule has 4 nitrogen and oxygen atoms in total. The number of hydrogen-bond acceptors (Lipinski definition) is 2. The fourth-order valence-electron chi connectivity index (χ4n) is 3.97. The summed E-state index contributed by atoms with van der Waals surface area (Å²) in [5, 5.41) is 3.87. The van der Waals surface area contributed by atoms with Gasteiger partial charge in [-0.2, -0.15) is 0 Å². The summed E-state index contributed by atoms with van der Waals surface area (Å²) in [6, 6.07) is 24.6. The molecule has 0 radical (unpaired) electrons. The number of carbonyl (C=O) groups excluding carboxylic acids is 2. The van der Waals surface area contributed by atoms with Crippen molar-refractivity contribution in [1.82, 2.24) is 10.2 Å². The average molecular weight is 511 g/mol. The minimum Gasteiger partial charge on any atom is -0.352 e. The van der Waals surface area contributed by atoms with Crippen LogP contribution in [0.25, 0.3) is 0 Å². The first-order valence-corrected chi connectivity index (χ1v) is 12.7. The number of hydrogen-bond donors (Lipinski definition) is 1. The molecule has 2 amide bonds.